The van der Waals surface area contributed by atoms with Gasteiger partial charge in [-0.1, -0.05) is 0 Å². The molecule has 0 amide bonds. The molecule has 0 N–H and O–H groups in total. The van der Waals surface area contributed by atoms with Crippen molar-refractivity contribution in [3.8, 4) is 0 Å². The van der Waals surface area contributed by atoms with Crippen LogP contribution < -0.4 is 0 Å². The maximum absolute atomic E-state index is 12.9. The summed E-state index contributed by atoms with van der Waals surface area (Å²) in [6.45, 7) is 8.37. The third-order valence-electron chi connectivity index (χ3n) is 1.48. The summed E-state index contributed by atoms with van der Waals surface area (Å²) in [5.74, 6) is -0.568. The molecule has 0 spiro atoms. The quantitative estimate of drug-likeness (QED) is 0.534. The third kappa shape index (κ3) is 1.80. The lowest BCUT2D eigenvalue weighted by atomic mass is 10.1. The van der Waals surface area contributed by atoms with Gasteiger partial charge in [0.2, 0.25) is 12.0 Å². The van der Waals surface area contributed by atoms with E-state index >= 15 is 0 Å². The first-order valence-corrected chi connectivity index (χ1v) is 4.12. The fourth-order valence-electron chi connectivity index (χ4n) is 0.801. The molecule has 1 heterocycles. The monoisotopic (exact) mass is 228 g/mol. The molecule has 0 bridgehead atoms. The highest BCUT2D eigenvalue weighted by atomic mass is 79.9. The highest BCUT2D eigenvalue weighted by molar-refractivity contribution is 9.10. The lowest BCUT2D eigenvalue weighted by molar-refractivity contribution is 0.561. The summed E-state index contributed by atoms with van der Waals surface area (Å²) in [5, 5.41) is 0. The van der Waals surface area contributed by atoms with E-state index in [0.717, 1.165) is 0 Å². The SMILES string of the molecule is [C-]#[N+]C(C)c1cc(Br)cnc1F. The van der Waals surface area contributed by atoms with E-state index in [2.05, 4.69) is 25.8 Å². The maximum Gasteiger partial charge on any atom is 0.250 e. The van der Waals surface area contributed by atoms with Gasteiger partial charge in [-0.3, -0.25) is 0 Å². The molecule has 2 nitrogen and oxygen atoms in total. The molecule has 1 rings (SSSR count). The van der Waals surface area contributed by atoms with Gasteiger partial charge in [0.05, 0.1) is 5.56 Å². The van der Waals surface area contributed by atoms with Gasteiger partial charge in [0.25, 0.3) is 0 Å². The van der Waals surface area contributed by atoms with Crippen LogP contribution in [0.3, 0.4) is 0 Å². The largest absolute Gasteiger partial charge is 0.309 e. The van der Waals surface area contributed by atoms with Crippen molar-refractivity contribution < 1.29 is 4.39 Å². The molecule has 0 radical (unpaired) electrons. The molecule has 4 heteroatoms. The number of pyridine rings is 1. The van der Waals surface area contributed by atoms with Crippen LogP contribution in [0.15, 0.2) is 16.7 Å². The molecule has 1 aromatic rings. The van der Waals surface area contributed by atoms with E-state index in [1.165, 1.54) is 6.20 Å². The average molecular weight is 229 g/mol. The first-order chi connectivity index (χ1) is 5.65. The zero-order valence-corrected chi connectivity index (χ0v) is 7.97. The fraction of sp³-hybridized carbons (Fsp3) is 0.250. The normalized spacial score (nSPS) is 12.2. The van der Waals surface area contributed by atoms with Gasteiger partial charge in [-0.15, -0.1) is 0 Å². The minimum atomic E-state index is -0.568. The highest BCUT2D eigenvalue weighted by Gasteiger charge is 2.15. The summed E-state index contributed by atoms with van der Waals surface area (Å²) in [7, 11) is 0. The Kier molecular flexibility index (Phi) is 2.77. The van der Waals surface area contributed by atoms with Gasteiger partial charge in [0.1, 0.15) is 0 Å². The maximum atomic E-state index is 12.9. The van der Waals surface area contributed by atoms with Gasteiger partial charge in [-0.2, -0.15) is 4.39 Å². The Morgan fingerprint density at radius 3 is 3.00 bits per heavy atom. The first-order valence-electron chi connectivity index (χ1n) is 3.32. The molecule has 0 aliphatic rings. The predicted octanol–water partition coefficient (Wildman–Crippen LogP) is 2.96. The highest BCUT2D eigenvalue weighted by Crippen LogP contribution is 2.21. The summed E-state index contributed by atoms with van der Waals surface area (Å²) < 4.78 is 13.6. The van der Waals surface area contributed by atoms with Crippen LogP contribution in [0, 0.1) is 12.5 Å². The van der Waals surface area contributed by atoms with Gasteiger partial charge in [0, 0.05) is 17.6 Å². The summed E-state index contributed by atoms with van der Waals surface area (Å²) >= 11 is 3.16. The number of hydrogen-bond acceptors (Lipinski definition) is 1. The molecule has 0 aromatic carbocycles. The second-order valence-corrected chi connectivity index (χ2v) is 3.25. The standard InChI is InChI=1S/C8H6BrFN2/c1-5(11-2)7-3-6(9)4-12-8(7)10/h3-5H,1H3. The molecule has 0 saturated carbocycles. The smallest absolute Gasteiger partial charge is 0.250 e. The van der Waals surface area contributed by atoms with Crippen molar-refractivity contribution >= 4 is 15.9 Å². The second kappa shape index (κ2) is 3.63. The summed E-state index contributed by atoms with van der Waals surface area (Å²) in [4.78, 5) is 6.70. The zero-order valence-electron chi connectivity index (χ0n) is 6.38. The van der Waals surface area contributed by atoms with Crippen molar-refractivity contribution in [2.75, 3.05) is 0 Å². The average Bonchev–Trinajstić information content (AvgIpc) is 2.08. The van der Waals surface area contributed by atoms with Crippen LogP contribution in [-0.4, -0.2) is 4.98 Å². The van der Waals surface area contributed by atoms with Crippen molar-refractivity contribution in [1.29, 1.82) is 0 Å². The summed E-state index contributed by atoms with van der Waals surface area (Å²) in [6, 6.07) is 1.10. The third-order valence-corrected chi connectivity index (χ3v) is 1.91. The summed E-state index contributed by atoms with van der Waals surface area (Å²) in [5.41, 5.74) is 0.333. The Labute approximate surface area is 78.4 Å². The van der Waals surface area contributed by atoms with Gasteiger partial charge in [-0.05, 0) is 22.0 Å². The molecule has 0 aliphatic heterocycles. The molecule has 1 atom stereocenters. The molecule has 1 aromatic heterocycles. The minimum absolute atomic E-state index is 0.333. The Morgan fingerprint density at radius 2 is 2.42 bits per heavy atom. The van der Waals surface area contributed by atoms with Gasteiger partial charge in [-0.25, -0.2) is 11.6 Å². The van der Waals surface area contributed by atoms with Crippen LogP contribution in [0.25, 0.3) is 4.85 Å². The lowest BCUT2D eigenvalue weighted by Crippen LogP contribution is -1.95. The second-order valence-electron chi connectivity index (χ2n) is 2.34. The predicted molar refractivity (Wildman–Crippen MR) is 46.9 cm³/mol. The molecular weight excluding hydrogens is 223 g/mol. The van der Waals surface area contributed by atoms with Crippen LogP contribution in [0.2, 0.25) is 0 Å². The summed E-state index contributed by atoms with van der Waals surface area (Å²) in [6.07, 6.45) is 1.37. The Balaban J connectivity index is 3.15. The topological polar surface area (TPSA) is 17.2 Å². The van der Waals surface area contributed by atoms with Crippen LogP contribution >= 0.6 is 15.9 Å². The molecule has 0 aliphatic carbocycles. The van der Waals surface area contributed by atoms with E-state index in [1.54, 1.807) is 13.0 Å². The van der Waals surface area contributed by atoms with E-state index in [1.807, 2.05) is 0 Å². The number of hydrogen-bond donors (Lipinski definition) is 0. The Bertz CT molecular complexity index is 332. The molecule has 0 saturated heterocycles. The van der Waals surface area contributed by atoms with Crippen molar-refractivity contribution in [1.82, 2.24) is 4.98 Å². The number of nitrogens with zero attached hydrogens (tertiary/aromatic N) is 2. The van der Waals surface area contributed by atoms with Crippen LogP contribution in [-0.2, 0) is 0 Å². The van der Waals surface area contributed by atoms with Gasteiger partial charge in [0.15, 0.2) is 0 Å². The van der Waals surface area contributed by atoms with Crippen molar-refractivity contribution in [2.24, 2.45) is 0 Å². The van der Waals surface area contributed by atoms with Crippen LogP contribution in [0.5, 0.6) is 0 Å². The first kappa shape index (κ1) is 9.14. The Hall–Kier alpha value is -0.950. The number of aromatic nitrogens is 1. The van der Waals surface area contributed by atoms with E-state index < -0.39 is 12.0 Å². The molecule has 1 unspecified atom stereocenters. The van der Waals surface area contributed by atoms with Gasteiger partial charge < -0.3 is 4.85 Å². The molecule has 62 valence electrons. The lowest BCUT2D eigenvalue weighted by Gasteiger charge is -2.00. The number of rotatable bonds is 1. The molecule has 0 fully saturated rings. The minimum Gasteiger partial charge on any atom is -0.309 e. The number of halogens is 2. The zero-order chi connectivity index (χ0) is 9.14. The van der Waals surface area contributed by atoms with Crippen LogP contribution in [0.4, 0.5) is 4.39 Å². The Morgan fingerprint density at radius 1 is 1.75 bits per heavy atom. The van der Waals surface area contributed by atoms with Crippen LogP contribution in [0.1, 0.15) is 18.5 Å². The van der Waals surface area contributed by atoms with Crippen molar-refractivity contribution in [3.63, 3.8) is 0 Å². The van der Waals surface area contributed by atoms with Gasteiger partial charge >= 0.3 is 0 Å². The molecular formula is C8H6BrFN2. The van der Waals surface area contributed by atoms with E-state index in [-0.39, 0.29) is 0 Å². The van der Waals surface area contributed by atoms with Crippen molar-refractivity contribution in [3.05, 3.63) is 39.7 Å². The van der Waals surface area contributed by atoms with E-state index in [0.29, 0.717) is 10.0 Å². The molecule has 12 heavy (non-hydrogen) atoms. The van der Waals surface area contributed by atoms with E-state index in [4.69, 9.17) is 6.57 Å². The fourth-order valence-corrected chi connectivity index (χ4v) is 1.15. The van der Waals surface area contributed by atoms with Crippen molar-refractivity contribution in [2.45, 2.75) is 13.0 Å². The van der Waals surface area contributed by atoms with E-state index in [9.17, 15) is 4.39 Å².